The summed E-state index contributed by atoms with van der Waals surface area (Å²) < 4.78 is 5.77. The minimum atomic E-state index is -0.580. The summed E-state index contributed by atoms with van der Waals surface area (Å²) in [7, 11) is 0. The lowest BCUT2D eigenvalue weighted by molar-refractivity contribution is 0.0984. The number of aromatic hydroxyl groups is 1. The maximum atomic E-state index is 10.2. The molecule has 0 bridgehead atoms. The number of rotatable bonds is 9. The van der Waals surface area contributed by atoms with Gasteiger partial charge in [0.15, 0.2) is 0 Å². The summed E-state index contributed by atoms with van der Waals surface area (Å²) in [5.74, 6) is 1.11. The molecule has 2 rings (SSSR count). The number of β-amino-alcohol motifs (C(OH)–C–C–N with tert-alkyl or cyclic N) is 1. The van der Waals surface area contributed by atoms with Gasteiger partial charge in [-0.05, 0) is 56.0 Å². The van der Waals surface area contributed by atoms with E-state index in [-0.39, 0.29) is 17.9 Å². The van der Waals surface area contributed by atoms with E-state index in [2.05, 4.69) is 26.1 Å². The molecule has 0 aromatic heterocycles. The summed E-state index contributed by atoms with van der Waals surface area (Å²) in [6.45, 7) is 7.00. The predicted octanol–water partition coefficient (Wildman–Crippen LogP) is 3.31. The highest BCUT2D eigenvalue weighted by Crippen LogP contribution is 2.19. The van der Waals surface area contributed by atoms with Crippen molar-refractivity contribution in [3.63, 3.8) is 0 Å². The van der Waals surface area contributed by atoms with Gasteiger partial charge in [-0.15, -0.1) is 0 Å². The van der Waals surface area contributed by atoms with Crippen LogP contribution in [0.25, 0.3) is 0 Å². The number of aryl methyl sites for hydroxylation is 1. The van der Waals surface area contributed by atoms with E-state index in [4.69, 9.17) is 4.74 Å². The first kappa shape index (κ1) is 19.3. The van der Waals surface area contributed by atoms with Crippen molar-refractivity contribution in [2.75, 3.05) is 13.2 Å². The van der Waals surface area contributed by atoms with E-state index < -0.39 is 6.10 Å². The molecule has 0 aliphatic heterocycles. The molecule has 136 valence electrons. The van der Waals surface area contributed by atoms with Gasteiger partial charge < -0.3 is 20.3 Å². The Labute approximate surface area is 150 Å². The molecule has 1 unspecified atom stereocenters. The fourth-order valence-electron chi connectivity index (χ4n) is 2.76. The third-order valence-corrected chi connectivity index (χ3v) is 4.18. The standard InChI is InChI=1S/C21H29NO3/c1-4-17-7-5-6-8-20(17)25-15-19(24)14-22-21(2,3)13-16-9-11-18(23)12-10-16/h5-12,19,22-24H,4,13-15H2,1-3H3. The minimum absolute atomic E-state index is 0.167. The van der Waals surface area contributed by atoms with Crippen molar-refractivity contribution < 1.29 is 14.9 Å². The molecule has 1 atom stereocenters. The highest BCUT2D eigenvalue weighted by Gasteiger charge is 2.19. The van der Waals surface area contributed by atoms with E-state index in [9.17, 15) is 10.2 Å². The van der Waals surface area contributed by atoms with E-state index in [1.54, 1.807) is 12.1 Å². The molecule has 0 spiro atoms. The van der Waals surface area contributed by atoms with Crippen LogP contribution in [0.2, 0.25) is 0 Å². The summed E-state index contributed by atoms with van der Waals surface area (Å²) in [6.07, 6.45) is 1.13. The zero-order chi connectivity index (χ0) is 18.3. The maximum absolute atomic E-state index is 10.2. The molecule has 0 saturated carbocycles. The molecule has 0 amide bonds. The lowest BCUT2D eigenvalue weighted by atomic mass is 9.94. The Bertz CT molecular complexity index is 652. The van der Waals surface area contributed by atoms with Crippen molar-refractivity contribution in [1.82, 2.24) is 5.32 Å². The van der Waals surface area contributed by atoms with Crippen LogP contribution in [-0.4, -0.2) is 35.0 Å². The molecule has 3 N–H and O–H groups in total. The number of phenolic OH excluding ortho intramolecular Hbond substituents is 1. The van der Waals surface area contributed by atoms with Crippen LogP contribution in [0.15, 0.2) is 48.5 Å². The first-order valence-corrected chi connectivity index (χ1v) is 8.81. The average Bonchev–Trinajstić information content (AvgIpc) is 2.60. The number of aliphatic hydroxyl groups excluding tert-OH is 1. The summed E-state index contributed by atoms with van der Waals surface area (Å²) >= 11 is 0. The quantitative estimate of drug-likeness (QED) is 0.654. The Balaban J connectivity index is 1.80. The number of aliphatic hydroxyl groups is 1. The molecule has 0 radical (unpaired) electrons. The van der Waals surface area contributed by atoms with Gasteiger partial charge in [0, 0.05) is 12.1 Å². The van der Waals surface area contributed by atoms with Crippen LogP contribution in [0.4, 0.5) is 0 Å². The SMILES string of the molecule is CCc1ccccc1OCC(O)CNC(C)(C)Cc1ccc(O)cc1. The average molecular weight is 343 g/mol. The van der Waals surface area contributed by atoms with Gasteiger partial charge in [-0.1, -0.05) is 37.3 Å². The number of benzene rings is 2. The first-order chi connectivity index (χ1) is 11.9. The Morgan fingerprint density at radius 1 is 1.08 bits per heavy atom. The predicted molar refractivity (Wildman–Crippen MR) is 101 cm³/mol. The second kappa shape index (κ2) is 8.88. The van der Waals surface area contributed by atoms with E-state index in [1.807, 2.05) is 36.4 Å². The normalized spacial score (nSPS) is 12.8. The second-order valence-corrected chi connectivity index (χ2v) is 7.03. The van der Waals surface area contributed by atoms with Gasteiger partial charge in [-0.2, -0.15) is 0 Å². The van der Waals surface area contributed by atoms with Crippen LogP contribution in [-0.2, 0) is 12.8 Å². The van der Waals surface area contributed by atoms with Crippen molar-refractivity contribution in [1.29, 1.82) is 0 Å². The fourth-order valence-corrected chi connectivity index (χ4v) is 2.76. The maximum Gasteiger partial charge on any atom is 0.122 e. The van der Waals surface area contributed by atoms with Gasteiger partial charge in [-0.3, -0.25) is 0 Å². The number of phenols is 1. The van der Waals surface area contributed by atoms with Crippen LogP contribution in [0.1, 0.15) is 31.9 Å². The molecule has 0 heterocycles. The lowest BCUT2D eigenvalue weighted by Crippen LogP contribution is -2.46. The zero-order valence-electron chi connectivity index (χ0n) is 15.3. The molecule has 0 saturated heterocycles. The van der Waals surface area contributed by atoms with Crippen molar-refractivity contribution >= 4 is 0 Å². The molecule has 25 heavy (non-hydrogen) atoms. The third-order valence-electron chi connectivity index (χ3n) is 4.18. The van der Waals surface area contributed by atoms with Gasteiger partial charge in [-0.25, -0.2) is 0 Å². The number of hydrogen-bond acceptors (Lipinski definition) is 4. The third kappa shape index (κ3) is 6.40. The van der Waals surface area contributed by atoms with Crippen molar-refractivity contribution in [3.05, 3.63) is 59.7 Å². The van der Waals surface area contributed by atoms with E-state index in [0.717, 1.165) is 29.7 Å². The highest BCUT2D eigenvalue weighted by atomic mass is 16.5. The van der Waals surface area contributed by atoms with Gasteiger partial charge in [0.1, 0.15) is 24.2 Å². The molecule has 0 fully saturated rings. The van der Waals surface area contributed by atoms with Crippen molar-refractivity contribution in [3.8, 4) is 11.5 Å². The van der Waals surface area contributed by atoms with E-state index >= 15 is 0 Å². The molecule has 4 nitrogen and oxygen atoms in total. The van der Waals surface area contributed by atoms with Gasteiger partial charge >= 0.3 is 0 Å². The number of para-hydroxylation sites is 1. The molecule has 4 heteroatoms. The minimum Gasteiger partial charge on any atom is -0.508 e. The summed E-state index contributed by atoms with van der Waals surface area (Å²) in [4.78, 5) is 0. The number of ether oxygens (including phenoxy) is 1. The molecular weight excluding hydrogens is 314 g/mol. The second-order valence-electron chi connectivity index (χ2n) is 7.03. The Morgan fingerprint density at radius 2 is 1.76 bits per heavy atom. The topological polar surface area (TPSA) is 61.7 Å². The molecule has 0 aliphatic rings. The first-order valence-electron chi connectivity index (χ1n) is 8.81. The summed E-state index contributed by atoms with van der Waals surface area (Å²) in [6, 6.07) is 15.1. The fraction of sp³-hybridized carbons (Fsp3) is 0.429. The van der Waals surface area contributed by atoms with Gasteiger partial charge in [0.25, 0.3) is 0 Å². The summed E-state index contributed by atoms with van der Waals surface area (Å²) in [5.41, 5.74) is 2.12. The highest BCUT2D eigenvalue weighted by molar-refractivity contribution is 5.33. The lowest BCUT2D eigenvalue weighted by Gasteiger charge is -2.28. The molecule has 2 aromatic carbocycles. The van der Waals surface area contributed by atoms with Gasteiger partial charge in [0.05, 0.1) is 0 Å². The number of hydrogen-bond donors (Lipinski definition) is 3. The molecular formula is C21H29NO3. The van der Waals surface area contributed by atoms with Crippen LogP contribution in [0.5, 0.6) is 11.5 Å². The molecule has 2 aromatic rings. The van der Waals surface area contributed by atoms with Gasteiger partial charge in [0.2, 0.25) is 0 Å². The van der Waals surface area contributed by atoms with E-state index in [1.165, 1.54) is 0 Å². The Hall–Kier alpha value is -2.04. The van der Waals surface area contributed by atoms with E-state index in [0.29, 0.717) is 6.54 Å². The van der Waals surface area contributed by atoms with Crippen LogP contribution >= 0.6 is 0 Å². The smallest absolute Gasteiger partial charge is 0.122 e. The molecule has 0 aliphatic carbocycles. The van der Waals surface area contributed by atoms with Crippen molar-refractivity contribution in [2.45, 2.75) is 45.3 Å². The summed E-state index contributed by atoms with van der Waals surface area (Å²) in [5, 5.41) is 23.0. The Kier molecular flexibility index (Phi) is 6.85. The van der Waals surface area contributed by atoms with Crippen LogP contribution < -0.4 is 10.1 Å². The zero-order valence-corrected chi connectivity index (χ0v) is 15.3. The van der Waals surface area contributed by atoms with Crippen LogP contribution in [0.3, 0.4) is 0 Å². The largest absolute Gasteiger partial charge is 0.508 e. The van der Waals surface area contributed by atoms with Crippen molar-refractivity contribution in [2.24, 2.45) is 0 Å². The number of nitrogens with one attached hydrogen (secondary N) is 1. The Morgan fingerprint density at radius 3 is 2.44 bits per heavy atom. The monoisotopic (exact) mass is 343 g/mol. The van der Waals surface area contributed by atoms with Crippen LogP contribution in [0, 0.1) is 0 Å².